The molecule has 1 atom stereocenters. The van der Waals surface area contributed by atoms with Gasteiger partial charge in [-0.25, -0.2) is 4.98 Å². The van der Waals surface area contributed by atoms with E-state index in [1.54, 1.807) is 7.11 Å². The van der Waals surface area contributed by atoms with Gasteiger partial charge in [0.25, 0.3) is 0 Å². The fourth-order valence-electron chi connectivity index (χ4n) is 2.89. The van der Waals surface area contributed by atoms with Gasteiger partial charge in [0.05, 0.1) is 7.11 Å². The Hall–Kier alpha value is -2.30. The number of hydrogen-bond donors (Lipinski definition) is 2. The highest BCUT2D eigenvalue weighted by molar-refractivity contribution is 5.90. The molecule has 1 aliphatic heterocycles. The second-order valence-electron chi connectivity index (χ2n) is 5.66. The van der Waals surface area contributed by atoms with Crippen LogP contribution >= 0.6 is 0 Å². The van der Waals surface area contributed by atoms with Crippen molar-refractivity contribution in [2.24, 2.45) is 0 Å². The number of ether oxygens (including phenoxy) is 1. The molecule has 0 bridgehead atoms. The number of pyridine rings is 1. The number of aromatic nitrogens is 1. The van der Waals surface area contributed by atoms with Gasteiger partial charge in [0.15, 0.2) is 0 Å². The fourth-order valence-corrected chi connectivity index (χ4v) is 2.89. The zero-order chi connectivity index (χ0) is 15.5. The van der Waals surface area contributed by atoms with Crippen LogP contribution in [0.5, 0.6) is 5.75 Å². The van der Waals surface area contributed by atoms with Crippen molar-refractivity contribution in [1.82, 2.24) is 10.3 Å². The molecule has 0 unspecified atom stereocenters. The van der Waals surface area contributed by atoms with Gasteiger partial charge in [0.1, 0.15) is 23.1 Å². The van der Waals surface area contributed by atoms with E-state index in [4.69, 9.17) is 4.74 Å². The van der Waals surface area contributed by atoms with E-state index in [1.165, 1.54) is 0 Å². The molecule has 5 nitrogen and oxygen atoms in total. The van der Waals surface area contributed by atoms with Crippen molar-refractivity contribution in [2.45, 2.75) is 32.2 Å². The topological polar surface area (TPSA) is 63.2 Å². The average molecular weight is 299 g/mol. The van der Waals surface area contributed by atoms with Crippen molar-refractivity contribution in [3.63, 3.8) is 0 Å². The van der Waals surface area contributed by atoms with Gasteiger partial charge in [-0.05, 0) is 43.9 Å². The van der Waals surface area contributed by atoms with Gasteiger partial charge in [-0.2, -0.15) is 0 Å². The minimum atomic E-state index is -0.221. The van der Waals surface area contributed by atoms with E-state index >= 15 is 0 Å². The van der Waals surface area contributed by atoms with E-state index in [0.717, 1.165) is 53.8 Å². The lowest BCUT2D eigenvalue weighted by Gasteiger charge is -2.17. The minimum Gasteiger partial charge on any atom is -0.494 e. The first-order chi connectivity index (χ1) is 10.7. The van der Waals surface area contributed by atoms with Crippen LogP contribution in [0.4, 0.5) is 5.82 Å². The number of nitrogens with zero attached hydrogens (tertiary/aromatic N) is 1. The van der Waals surface area contributed by atoms with Crippen LogP contribution in [0.2, 0.25) is 0 Å². The van der Waals surface area contributed by atoms with Crippen LogP contribution in [-0.4, -0.2) is 30.6 Å². The molecule has 2 N–H and O–H groups in total. The Morgan fingerprint density at radius 1 is 1.36 bits per heavy atom. The monoisotopic (exact) mass is 299 g/mol. The van der Waals surface area contributed by atoms with Crippen molar-refractivity contribution < 1.29 is 9.53 Å². The van der Waals surface area contributed by atoms with E-state index in [0.29, 0.717) is 0 Å². The third kappa shape index (κ3) is 2.84. The molecule has 22 heavy (non-hydrogen) atoms. The number of aryl methyl sites for hydroxylation is 1. The normalized spacial score (nSPS) is 18.6. The number of para-hydroxylation sites is 1. The smallest absolute Gasteiger partial charge is 0.242 e. The Kier molecular flexibility index (Phi) is 4.13. The van der Waals surface area contributed by atoms with E-state index < -0.39 is 0 Å². The lowest BCUT2D eigenvalue weighted by molar-refractivity contribution is -0.121. The van der Waals surface area contributed by atoms with E-state index in [9.17, 15) is 4.79 Å². The molecule has 1 aromatic carbocycles. The molecule has 1 amide bonds. The van der Waals surface area contributed by atoms with Crippen molar-refractivity contribution >= 4 is 22.6 Å². The maximum Gasteiger partial charge on any atom is 0.242 e. The highest BCUT2D eigenvalue weighted by Gasteiger charge is 2.21. The fraction of sp³-hybridized carbons (Fsp3) is 0.412. The predicted molar refractivity (Wildman–Crippen MR) is 87.3 cm³/mol. The van der Waals surface area contributed by atoms with Crippen LogP contribution in [0.15, 0.2) is 24.3 Å². The third-order valence-electron chi connectivity index (χ3n) is 4.09. The van der Waals surface area contributed by atoms with Crippen LogP contribution in [0.1, 0.15) is 24.8 Å². The number of anilines is 1. The number of hydrogen-bond acceptors (Lipinski definition) is 4. The molecule has 0 radical (unpaired) electrons. The third-order valence-corrected chi connectivity index (χ3v) is 4.09. The van der Waals surface area contributed by atoms with Crippen LogP contribution in [-0.2, 0) is 4.79 Å². The lowest BCUT2D eigenvalue weighted by atomic mass is 10.1. The summed E-state index contributed by atoms with van der Waals surface area (Å²) in [6, 6.07) is 7.66. The Labute approximate surface area is 130 Å². The highest BCUT2D eigenvalue weighted by Crippen LogP contribution is 2.28. The summed E-state index contributed by atoms with van der Waals surface area (Å²) < 4.78 is 5.40. The number of benzene rings is 1. The number of amides is 1. The van der Waals surface area contributed by atoms with E-state index in [1.807, 2.05) is 31.2 Å². The zero-order valence-electron chi connectivity index (χ0n) is 13.0. The summed E-state index contributed by atoms with van der Waals surface area (Å²) in [6.07, 6.45) is 2.89. The maximum absolute atomic E-state index is 12.1. The Bertz CT molecular complexity index is 700. The molecular weight excluding hydrogens is 278 g/mol. The summed E-state index contributed by atoms with van der Waals surface area (Å²) in [7, 11) is 1.64. The van der Waals surface area contributed by atoms with Crippen molar-refractivity contribution in [2.75, 3.05) is 19.0 Å². The molecule has 0 aliphatic carbocycles. The second kappa shape index (κ2) is 6.22. The molecule has 1 fully saturated rings. The van der Waals surface area contributed by atoms with Gasteiger partial charge >= 0.3 is 0 Å². The Balaban J connectivity index is 1.95. The van der Waals surface area contributed by atoms with Gasteiger partial charge < -0.3 is 15.4 Å². The highest BCUT2D eigenvalue weighted by atomic mass is 16.5. The van der Waals surface area contributed by atoms with Gasteiger partial charge in [-0.15, -0.1) is 0 Å². The molecule has 1 aliphatic rings. The van der Waals surface area contributed by atoms with E-state index in [2.05, 4.69) is 15.6 Å². The Morgan fingerprint density at radius 2 is 2.23 bits per heavy atom. The number of methoxy groups -OCH3 is 1. The number of nitrogens with one attached hydrogen (secondary N) is 2. The molecule has 5 heteroatoms. The molecular formula is C17H21N3O2. The van der Waals surface area contributed by atoms with Crippen molar-refractivity contribution in [1.29, 1.82) is 0 Å². The largest absolute Gasteiger partial charge is 0.494 e. The van der Waals surface area contributed by atoms with Crippen molar-refractivity contribution in [3.05, 3.63) is 29.8 Å². The SMILES string of the molecule is COc1cccc2c(C)cc(N[C@@H]3CCCCNC3=O)nc12. The standard InChI is InChI=1S/C17H21N3O2/c1-11-10-15(19-13-7-3-4-9-18-17(13)21)20-16-12(11)6-5-8-14(16)22-2/h5-6,8,10,13H,3-4,7,9H2,1-2H3,(H,18,21)(H,19,20)/t13-/m1/s1. The lowest BCUT2D eigenvalue weighted by Crippen LogP contribution is -2.38. The van der Waals surface area contributed by atoms with Crippen LogP contribution in [0.3, 0.4) is 0 Å². The molecule has 0 spiro atoms. The number of rotatable bonds is 3. The summed E-state index contributed by atoms with van der Waals surface area (Å²) in [5.74, 6) is 1.52. The maximum atomic E-state index is 12.1. The molecule has 2 heterocycles. The summed E-state index contributed by atoms with van der Waals surface area (Å²) in [4.78, 5) is 16.7. The zero-order valence-corrected chi connectivity index (χ0v) is 13.0. The van der Waals surface area contributed by atoms with Gasteiger partial charge in [0, 0.05) is 11.9 Å². The molecule has 0 saturated carbocycles. The first kappa shape index (κ1) is 14.6. The quantitative estimate of drug-likeness (QED) is 0.914. The van der Waals surface area contributed by atoms with E-state index in [-0.39, 0.29) is 11.9 Å². The number of fused-ring (bicyclic) bond motifs is 1. The molecule has 1 aromatic heterocycles. The van der Waals surface area contributed by atoms with Crippen molar-refractivity contribution in [3.8, 4) is 5.75 Å². The summed E-state index contributed by atoms with van der Waals surface area (Å²) >= 11 is 0. The first-order valence-electron chi connectivity index (χ1n) is 7.67. The minimum absolute atomic E-state index is 0.0528. The van der Waals surface area contributed by atoms with Gasteiger partial charge in [0.2, 0.25) is 5.91 Å². The molecule has 116 valence electrons. The summed E-state index contributed by atoms with van der Waals surface area (Å²) in [5, 5.41) is 7.28. The van der Waals surface area contributed by atoms with Gasteiger partial charge in [-0.3, -0.25) is 4.79 Å². The second-order valence-corrected chi connectivity index (χ2v) is 5.66. The molecule has 1 saturated heterocycles. The number of carbonyl (C=O) groups is 1. The Morgan fingerprint density at radius 3 is 3.05 bits per heavy atom. The first-order valence-corrected chi connectivity index (χ1v) is 7.67. The molecule has 2 aromatic rings. The van der Waals surface area contributed by atoms with Crippen LogP contribution < -0.4 is 15.4 Å². The summed E-state index contributed by atoms with van der Waals surface area (Å²) in [6.45, 7) is 2.80. The van der Waals surface area contributed by atoms with Crippen LogP contribution in [0, 0.1) is 6.92 Å². The number of carbonyl (C=O) groups excluding carboxylic acids is 1. The molecule has 3 rings (SSSR count). The summed E-state index contributed by atoms with van der Waals surface area (Å²) in [5.41, 5.74) is 1.93. The van der Waals surface area contributed by atoms with Crippen LogP contribution in [0.25, 0.3) is 10.9 Å². The average Bonchev–Trinajstić information content (AvgIpc) is 2.72. The predicted octanol–water partition coefficient (Wildman–Crippen LogP) is 2.63. The van der Waals surface area contributed by atoms with Gasteiger partial charge in [-0.1, -0.05) is 12.1 Å².